The van der Waals surface area contributed by atoms with Gasteiger partial charge >= 0.3 is 5.97 Å². The monoisotopic (exact) mass is 228 g/mol. The lowest BCUT2D eigenvalue weighted by molar-refractivity contribution is -0.384. The van der Waals surface area contributed by atoms with Crippen molar-refractivity contribution in [3.8, 4) is 0 Å². The summed E-state index contributed by atoms with van der Waals surface area (Å²) in [5, 5.41) is 19.3. The van der Waals surface area contributed by atoms with E-state index in [4.69, 9.17) is 5.11 Å². The van der Waals surface area contributed by atoms with Gasteiger partial charge in [-0.1, -0.05) is 0 Å². The molecule has 0 unspecified atom stereocenters. The average molecular weight is 228 g/mol. The molecule has 1 N–H and O–H groups in total. The summed E-state index contributed by atoms with van der Waals surface area (Å²) >= 11 is 0. The predicted octanol–water partition coefficient (Wildman–Crippen LogP) is 1.50. The van der Waals surface area contributed by atoms with Crippen molar-refractivity contribution in [3.63, 3.8) is 0 Å². The van der Waals surface area contributed by atoms with Crippen molar-refractivity contribution in [1.29, 1.82) is 0 Å². The minimum Gasteiger partial charge on any atom is -0.478 e. The molecule has 0 bridgehead atoms. The Bertz CT molecular complexity index is 459. The molecular formula is C9H9FN2O4. The van der Waals surface area contributed by atoms with Gasteiger partial charge in [0.05, 0.1) is 4.92 Å². The number of carbonyl (C=O) groups is 1. The standard InChI is InChI=1S/C9H9FN2O4/c1-11(2)7-4-6(10)5(9(13)14)3-8(7)12(15)16/h3-4H,1-2H3,(H,13,14). The van der Waals surface area contributed by atoms with Gasteiger partial charge in [0.1, 0.15) is 17.1 Å². The van der Waals surface area contributed by atoms with E-state index in [1.807, 2.05) is 0 Å². The summed E-state index contributed by atoms with van der Waals surface area (Å²) in [5.74, 6) is -2.53. The Morgan fingerprint density at radius 2 is 2.06 bits per heavy atom. The van der Waals surface area contributed by atoms with Gasteiger partial charge in [-0.25, -0.2) is 9.18 Å². The lowest BCUT2D eigenvalue weighted by Gasteiger charge is -2.13. The zero-order valence-corrected chi connectivity index (χ0v) is 8.60. The van der Waals surface area contributed by atoms with Gasteiger partial charge in [-0.2, -0.15) is 0 Å². The molecule has 0 aliphatic carbocycles. The fourth-order valence-electron chi connectivity index (χ4n) is 1.22. The molecule has 0 aromatic heterocycles. The molecule has 0 atom stereocenters. The van der Waals surface area contributed by atoms with Crippen molar-refractivity contribution in [2.75, 3.05) is 19.0 Å². The molecule has 0 aliphatic heterocycles. The fraction of sp³-hybridized carbons (Fsp3) is 0.222. The van der Waals surface area contributed by atoms with Crippen LogP contribution in [0.3, 0.4) is 0 Å². The maximum atomic E-state index is 13.3. The Kier molecular flexibility index (Phi) is 3.07. The Balaban J connectivity index is 3.49. The normalized spacial score (nSPS) is 9.94. The lowest BCUT2D eigenvalue weighted by Crippen LogP contribution is -2.13. The summed E-state index contributed by atoms with van der Waals surface area (Å²) < 4.78 is 13.3. The molecule has 0 fully saturated rings. The van der Waals surface area contributed by atoms with Crippen LogP contribution in [0.15, 0.2) is 12.1 Å². The minimum absolute atomic E-state index is 0.0208. The topological polar surface area (TPSA) is 83.7 Å². The first kappa shape index (κ1) is 11.9. The van der Waals surface area contributed by atoms with Crippen LogP contribution in [0.25, 0.3) is 0 Å². The first-order chi connectivity index (χ1) is 7.34. The summed E-state index contributed by atoms with van der Waals surface area (Å²) in [6.07, 6.45) is 0. The zero-order valence-electron chi connectivity index (χ0n) is 8.60. The van der Waals surface area contributed by atoms with Gasteiger partial charge in [0.25, 0.3) is 5.69 Å². The SMILES string of the molecule is CN(C)c1cc(F)c(C(=O)O)cc1[N+](=O)[O-]. The van der Waals surface area contributed by atoms with Gasteiger partial charge in [-0.05, 0) is 0 Å². The summed E-state index contributed by atoms with van der Waals surface area (Å²) in [7, 11) is 3.00. The Labute approximate surface area is 90.1 Å². The highest BCUT2D eigenvalue weighted by Gasteiger charge is 2.22. The van der Waals surface area contributed by atoms with Crippen molar-refractivity contribution in [1.82, 2.24) is 0 Å². The molecule has 0 saturated carbocycles. The van der Waals surface area contributed by atoms with Crippen LogP contribution in [0.5, 0.6) is 0 Å². The summed E-state index contributed by atoms with van der Waals surface area (Å²) in [5.41, 5.74) is -1.13. The van der Waals surface area contributed by atoms with Gasteiger partial charge in [-0.3, -0.25) is 10.1 Å². The third-order valence-corrected chi connectivity index (χ3v) is 1.97. The number of halogens is 1. The van der Waals surface area contributed by atoms with Crippen molar-refractivity contribution in [3.05, 3.63) is 33.6 Å². The number of rotatable bonds is 3. The third kappa shape index (κ3) is 2.08. The first-order valence-corrected chi connectivity index (χ1v) is 4.23. The van der Waals surface area contributed by atoms with Crippen molar-refractivity contribution >= 4 is 17.3 Å². The van der Waals surface area contributed by atoms with E-state index in [9.17, 15) is 19.3 Å². The summed E-state index contributed by atoms with van der Waals surface area (Å²) in [4.78, 5) is 21.9. The van der Waals surface area contributed by atoms with E-state index in [1.54, 1.807) is 0 Å². The molecule has 0 heterocycles. The minimum atomic E-state index is -1.54. The second-order valence-corrected chi connectivity index (χ2v) is 3.28. The van der Waals surface area contributed by atoms with Gasteiger partial charge in [0, 0.05) is 26.2 Å². The second kappa shape index (κ2) is 4.13. The zero-order chi connectivity index (χ0) is 12.5. The highest BCUT2D eigenvalue weighted by atomic mass is 19.1. The van der Waals surface area contributed by atoms with Crippen LogP contribution in [-0.2, 0) is 0 Å². The fourth-order valence-corrected chi connectivity index (χ4v) is 1.22. The van der Waals surface area contributed by atoms with Crippen LogP contribution < -0.4 is 4.90 Å². The molecule has 0 spiro atoms. The molecule has 86 valence electrons. The molecule has 0 saturated heterocycles. The van der Waals surface area contributed by atoms with Gasteiger partial charge < -0.3 is 10.0 Å². The lowest BCUT2D eigenvalue weighted by atomic mass is 10.1. The molecular weight excluding hydrogens is 219 g/mol. The van der Waals surface area contributed by atoms with Gasteiger partial charge in [0.2, 0.25) is 0 Å². The molecule has 0 amide bonds. The Morgan fingerprint density at radius 1 is 1.50 bits per heavy atom. The van der Waals surface area contributed by atoms with E-state index in [1.165, 1.54) is 19.0 Å². The predicted molar refractivity (Wildman–Crippen MR) is 54.3 cm³/mol. The van der Waals surface area contributed by atoms with E-state index in [2.05, 4.69) is 0 Å². The molecule has 0 radical (unpaired) electrons. The van der Waals surface area contributed by atoms with E-state index in [-0.39, 0.29) is 5.69 Å². The van der Waals surface area contributed by atoms with Crippen molar-refractivity contribution in [2.45, 2.75) is 0 Å². The summed E-state index contributed by atoms with van der Waals surface area (Å²) in [6, 6.07) is 1.55. The first-order valence-electron chi connectivity index (χ1n) is 4.23. The molecule has 1 aromatic carbocycles. The Morgan fingerprint density at radius 3 is 2.44 bits per heavy atom. The van der Waals surface area contributed by atoms with Crippen molar-refractivity contribution < 1.29 is 19.2 Å². The van der Waals surface area contributed by atoms with Crippen LogP contribution in [0, 0.1) is 15.9 Å². The van der Waals surface area contributed by atoms with E-state index in [0.29, 0.717) is 6.07 Å². The molecule has 6 nitrogen and oxygen atoms in total. The van der Waals surface area contributed by atoms with Crippen molar-refractivity contribution in [2.24, 2.45) is 0 Å². The molecule has 7 heteroatoms. The quantitative estimate of drug-likeness (QED) is 0.626. The van der Waals surface area contributed by atoms with Crippen LogP contribution in [-0.4, -0.2) is 30.1 Å². The van der Waals surface area contributed by atoms with Crippen LogP contribution in [0.1, 0.15) is 10.4 Å². The maximum absolute atomic E-state index is 13.3. The van der Waals surface area contributed by atoms with Gasteiger partial charge in [0.15, 0.2) is 0 Å². The highest BCUT2D eigenvalue weighted by molar-refractivity contribution is 5.90. The van der Waals surface area contributed by atoms with Crippen LogP contribution in [0.2, 0.25) is 0 Å². The van der Waals surface area contributed by atoms with E-state index < -0.39 is 28.0 Å². The van der Waals surface area contributed by atoms with Crippen LogP contribution in [0.4, 0.5) is 15.8 Å². The molecule has 0 aliphatic rings. The number of nitrogens with zero attached hydrogens (tertiary/aromatic N) is 2. The number of nitro groups is 1. The maximum Gasteiger partial charge on any atom is 0.338 e. The number of carboxylic acids is 1. The third-order valence-electron chi connectivity index (χ3n) is 1.97. The average Bonchev–Trinajstić information content (AvgIpc) is 2.15. The molecule has 1 aromatic rings. The smallest absolute Gasteiger partial charge is 0.338 e. The van der Waals surface area contributed by atoms with Crippen LogP contribution >= 0.6 is 0 Å². The molecule has 16 heavy (non-hydrogen) atoms. The number of benzene rings is 1. The number of hydrogen-bond donors (Lipinski definition) is 1. The number of anilines is 1. The number of hydrogen-bond acceptors (Lipinski definition) is 4. The van der Waals surface area contributed by atoms with E-state index in [0.717, 1.165) is 6.07 Å². The number of nitro benzene ring substituents is 1. The van der Waals surface area contributed by atoms with E-state index >= 15 is 0 Å². The number of carboxylic acid groups (broad SMARTS) is 1. The summed E-state index contributed by atoms with van der Waals surface area (Å²) in [6.45, 7) is 0. The number of aromatic carboxylic acids is 1. The molecule has 1 rings (SSSR count). The Hall–Kier alpha value is -2.18. The van der Waals surface area contributed by atoms with Gasteiger partial charge in [-0.15, -0.1) is 0 Å². The second-order valence-electron chi connectivity index (χ2n) is 3.28. The highest BCUT2D eigenvalue weighted by Crippen LogP contribution is 2.29. The largest absolute Gasteiger partial charge is 0.478 e.